The van der Waals surface area contributed by atoms with E-state index < -0.39 is 27.9 Å². The van der Waals surface area contributed by atoms with Gasteiger partial charge in [-0.3, -0.25) is 19.3 Å². The Morgan fingerprint density at radius 2 is 1.78 bits per heavy atom. The maximum atomic E-state index is 14.1. The number of amides is 2. The summed E-state index contributed by atoms with van der Waals surface area (Å²) in [5, 5.41) is 7.20. The van der Waals surface area contributed by atoms with E-state index in [1.807, 2.05) is 26.0 Å². The van der Waals surface area contributed by atoms with E-state index in [-0.39, 0.29) is 47.5 Å². The molecule has 3 N–H and O–H groups in total. The number of methoxy groups -OCH3 is 2. The Hall–Kier alpha value is -3.96. The lowest BCUT2D eigenvalue weighted by molar-refractivity contribution is 0.0216. The van der Waals surface area contributed by atoms with Crippen molar-refractivity contribution in [2.24, 2.45) is 5.73 Å². The lowest BCUT2D eigenvalue weighted by Gasteiger charge is -2.33. The minimum Gasteiger partial charge on any atom is -0.469 e. The largest absolute Gasteiger partial charge is 0.469 e. The molecule has 0 aliphatic carbocycles. The third-order valence-electron chi connectivity index (χ3n) is 7.52. The van der Waals surface area contributed by atoms with Crippen LogP contribution in [0.4, 0.5) is 5.69 Å². The molecule has 250 valence electrons. The number of hydrogen-bond donors (Lipinski definition) is 2. The second-order valence-electron chi connectivity index (χ2n) is 10.7. The molecule has 1 aliphatic rings. The number of piperazine rings is 1. The fourth-order valence-electron chi connectivity index (χ4n) is 5.16. The number of nitrogens with one attached hydrogen (secondary N) is 1. The highest BCUT2D eigenvalue weighted by atomic mass is 32.2. The number of nitrogens with two attached hydrogens (primary N) is 1. The Morgan fingerprint density at radius 3 is 2.37 bits per heavy atom. The molecule has 3 aromatic heterocycles. The first-order chi connectivity index (χ1) is 22.1. The molecule has 3 aromatic rings. The van der Waals surface area contributed by atoms with Crippen LogP contribution in [0.15, 0.2) is 41.6 Å². The standard InChI is InChI=1S/C30H42N8O7S/c1-5-9-25-26(27(28(31)39)35-38(25)18-21-10-7-8-11-32-21)34-29(40)24-16-23(17-33-30(24)45-22(19-43-3)20-44-4)46(41,42)37-14-12-36(6-2)13-15-37/h7-8,10-11,16-17,22H,5-6,9,12-15,18-20H2,1-4H3,(H2,31,39)(H,34,40). The average Bonchev–Trinajstić information content (AvgIpc) is 3.38. The number of pyridine rings is 2. The monoisotopic (exact) mass is 658 g/mol. The summed E-state index contributed by atoms with van der Waals surface area (Å²) in [5.74, 6) is -1.74. The minimum absolute atomic E-state index is 0.116. The van der Waals surface area contributed by atoms with Crippen molar-refractivity contribution < 1.29 is 32.2 Å². The molecule has 0 atom stereocenters. The zero-order valence-electron chi connectivity index (χ0n) is 26.6. The van der Waals surface area contributed by atoms with E-state index in [1.165, 1.54) is 30.8 Å². The zero-order valence-corrected chi connectivity index (χ0v) is 27.5. The van der Waals surface area contributed by atoms with Crippen molar-refractivity contribution in [1.29, 1.82) is 0 Å². The molecule has 15 nitrogen and oxygen atoms in total. The Labute approximate surface area is 269 Å². The normalized spacial score (nSPS) is 14.5. The number of rotatable bonds is 16. The van der Waals surface area contributed by atoms with Gasteiger partial charge in [-0.05, 0) is 31.2 Å². The number of nitrogens with zero attached hydrogens (tertiary/aromatic N) is 6. The number of ether oxygens (including phenoxy) is 3. The van der Waals surface area contributed by atoms with Crippen molar-refractivity contribution in [3.05, 3.63) is 59.3 Å². The van der Waals surface area contributed by atoms with Gasteiger partial charge < -0.3 is 30.2 Å². The zero-order chi connectivity index (χ0) is 33.3. The number of likely N-dealkylation sites (N-methyl/N-ethyl adjacent to an activating group) is 1. The van der Waals surface area contributed by atoms with Crippen molar-refractivity contribution >= 4 is 27.5 Å². The number of hydrogen-bond acceptors (Lipinski definition) is 11. The molecule has 1 fully saturated rings. The van der Waals surface area contributed by atoms with E-state index in [9.17, 15) is 18.0 Å². The van der Waals surface area contributed by atoms with E-state index in [4.69, 9.17) is 19.9 Å². The molecule has 16 heteroatoms. The fourth-order valence-corrected chi connectivity index (χ4v) is 6.55. The van der Waals surface area contributed by atoms with Gasteiger partial charge in [-0.1, -0.05) is 26.3 Å². The highest BCUT2D eigenvalue weighted by Gasteiger charge is 2.32. The first-order valence-electron chi connectivity index (χ1n) is 15.1. The molecule has 0 spiro atoms. The quantitative estimate of drug-likeness (QED) is 0.227. The number of sulfonamides is 1. The first-order valence-corrected chi connectivity index (χ1v) is 16.5. The van der Waals surface area contributed by atoms with Gasteiger partial charge in [0, 0.05) is 46.6 Å². The summed E-state index contributed by atoms with van der Waals surface area (Å²) in [6, 6.07) is 6.68. The summed E-state index contributed by atoms with van der Waals surface area (Å²) >= 11 is 0. The van der Waals surface area contributed by atoms with Crippen LogP contribution in [0.5, 0.6) is 5.88 Å². The molecular weight excluding hydrogens is 616 g/mol. The highest BCUT2D eigenvalue weighted by molar-refractivity contribution is 7.89. The number of aromatic nitrogens is 4. The Kier molecular flexibility index (Phi) is 12.2. The fraction of sp³-hybridized carbons (Fsp3) is 0.500. The SMILES string of the molecule is CCCc1c(NC(=O)c2cc(S(=O)(=O)N3CCN(CC)CC3)cnc2OC(COC)COC)c(C(N)=O)nn1Cc1ccccn1. The molecule has 2 amide bonds. The maximum absolute atomic E-state index is 14.1. The van der Waals surface area contributed by atoms with Crippen LogP contribution in [-0.2, 0) is 32.5 Å². The van der Waals surface area contributed by atoms with Gasteiger partial charge in [-0.2, -0.15) is 9.40 Å². The topological polar surface area (TPSA) is 184 Å². The van der Waals surface area contributed by atoms with Crippen molar-refractivity contribution in [2.75, 3.05) is 65.5 Å². The van der Waals surface area contributed by atoms with Crippen molar-refractivity contribution in [3.63, 3.8) is 0 Å². The van der Waals surface area contributed by atoms with E-state index in [1.54, 1.807) is 16.9 Å². The van der Waals surface area contributed by atoms with Crippen molar-refractivity contribution in [2.45, 2.75) is 44.2 Å². The lowest BCUT2D eigenvalue weighted by atomic mass is 10.1. The van der Waals surface area contributed by atoms with Gasteiger partial charge in [0.1, 0.15) is 16.6 Å². The van der Waals surface area contributed by atoms with Crippen LogP contribution in [0.2, 0.25) is 0 Å². The van der Waals surface area contributed by atoms with E-state index >= 15 is 0 Å². The van der Waals surface area contributed by atoms with Gasteiger partial charge in [0.05, 0.1) is 43.0 Å². The van der Waals surface area contributed by atoms with Gasteiger partial charge in [0.2, 0.25) is 15.9 Å². The first kappa shape index (κ1) is 34.9. The maximum Gasteiger partial charge on any atom is 0.271 e. The molecule has 0 unspecified atom stereocenters. The Morgan fingerprint density at radius 1 is 1.07 bits per heavy atom. The van der Waals surface area contributed by atoms with E-state index in [0.717, 1.165) is 6.54 Å². The lowest BCUT2D eigenvalue weighted by Crippen LogP contribution is -2.48. The molecule has 46 heavy (non-hydrogen) atoms. The summed E-state index contributed by atoms with van der Waals surface area (Å²) in [4.78, 5) is 37.2. The van der Waals surface area contributed by atoms with Crippen molar-refractivity contribution in [3.8, 4) is 5.88 Å². The molecular formula is C30H42N8O7S. The third kappa shape index (κ3) is 8.24. The minimum atomic E-state index is -4.00. The van der Waals surface area contributed by atoms with Crippen molar-refractivity contribution in [1.82, 2.24) is 29.0 Å². The van der Waals surface area contributed by atoms with Gasteiger partial charge in [0.25, 0.3) is 11.8 Å². The van der Waals surface area contributed by atoms with Gasteiger partial charge in [-0.25, -0.2) is 13.4 Å². The molecule has 4 rings (SSSR count). The van der Waals surface area contributed by atoms with Gasteiger partial charge in [-0.15, -0.1) is 0 Å². The van der Waals surface area contributed by atoms with Crippen LogP contribution in [0.1, 0.15) is 52.5 Å². The number of carbonyl (C=O) groups excluding carboxylic acids is 2. The number of anilines is 1. The Bertz CT molecular complexity index is 1590. The Balaban J connectivity index is 1.76. The molecule has 0 saturated carbocycles. The highest BCUT2D eigenvalue weighted by Crippen LogP contribution is 2.28. The van der Waals surface area contributed by atoms with Crippen LogP contribution < -0.4 is 15.8 Å². The molecule has 0 bridgehead atoms. The van der Waals surface area contributed by atoms with Crippen LogP contribution in [-0.4, -0.2) is 115 Å². The molecule has 0 aromatic carbocycles. The number of carbonyl (C=O) groups is 2. The summed E-state index contributed by atoms with van der Waals surface area (Å²) in [5.41, 5.74) is 6.77. The predicted molar refractivity (Wildman–Crippen MR) is 169 cm³/mol. The van der Waals surface area contributed by atoms with Crippen LogP contribution in [0.3, 0.4) is 0 Å². The van der Waals surface area contributed by atoms with Gasteiger partial charge in [0.15, 0.2) is 5.69 Å². The van der Waals surface area contributed by atoms with Crippen LogP contribution in [0, 0.1) is 0 Å². The second-order valence-corrected chi connectivity index (χ2v) is 12.7. The van der Waals surface area contributed by atoms with Gasteiger partial charge >= 0.3 is 0 Å². The summed E-state index contributed by atoms with van der Waals surface area (Å²) in [6.07, 6.45) is 3.28. The van der Waals surface area contributed by atoms with Crippen LogP contribution in [0.25, 0.3) is 0 Å². The predicted octanol–water partition coefficient (Wildman–Crippen LogP) is 1.39. The van der Waals surface area contributed by atoms with Crippen LogP contribution >= 0.6 is 0 Å². The smallest absolute Gasteiger partial charge is 0.271 e. The molecule has 0 radical (unpaired) electrons. The molecule has 4 heterocycles. The molecule has 1 aliphatic heterocycles. The second kappa shape index (κ2) is 16.0. The van der Waals surface area contributed by atoms with E-state index in [0.29, 0.717) is 50.4 Å². The summed E-state index contributed by atoms with van der Waals surface area (Å²) < 4.78 is 46.8. The summed E-state index contributed by atoms with van der Waals surface area (Å²) in [6.45, 7) is 7.04. The van der Waals surface area contributed by atoms with E-state index in [2.05, 4.69) is 25.3 Å². The average molecular weight is 659 g/mol. The third-order valence-corrected chi connectivity index (χ3v) is 9.39. The summed E-state index contributed by atoms with van der Waals surface area (Å²) in [7, 11) is -1.01. The number of primary amides is 1. The molecule has 1 saturated heterocycles.